The summed E-state index contributed by atoms with van der Waals surface area (Å²) in [6, 6.07) is 8.74. The minimum atomic E-state index is 0.649. The largest absolute Gasteiger partial charge is 0.308 e. The van der Waals surface area contributed by atoms with Crippen molar-refractivity contribution in [3.63, 3.8) is 0 Å². The van der Waals surface area contributed by atoms with Crippen LogP contribution in [0.3, 0.4) is 0 Å². The summed E-state index contributed by atoms with van der Waals surface area (Å²) in [5.74, 6) is 0.712. The molecule has 1 nitrogen and oxygen atoms in total. The van der Waals surface area contributed by atoms with E-state index in [1.165, 1.54) is 11.1 Å². The van der Waals surface area contributed by atoms with Crippen molar-refractivity contribution in [1.29, 1.82) is 0 Å². The van der Waals surface area contributed by atoms with Crippen molar-refractivity contribution < 1.29 is 0 Å². The van der Waals surface area contributed by atoms with E-state index in [-0.39, 0.29) is 0 Å². The SMILES string of the molecule is C=C(Cl)CNCc1ccc(CC(C)C)cc1. The van der Waals surface area contributed by atoms with Gasteiger partial charge in [0.05, 0.1) is 0 Å². The molecular weight excluding hydrogens is 218 g/mol. The van der Waals surface area contributed by atoms with E-state index in [4.69, 9.17) is 11.6 Å². The molecule has 0 amide bonds. The number of hydrogen-bond donors (Lipinski definition) is 1. The lowest BCUT2D eigenvalue weighted by Gasteiger charge is -2.07. The van der Waals surface area contributed by atoms with Gasteiger partial charge < -0.3 is 5.32 Å². The van der Waals surface area contributed by atoms with Crippen LogP contribution in [0.4, 0.5) is 0 Å². The van der Waals surface area contributed by atoms with Crippen molar-refractivity contribution in [2.75, 3.05) is 6.54 Å². The predicted molar refractivity (Wildman–Crippen MR) is 71.7 cm³/mol. The average molecular weight is 238 g/mol. The predicted octanol–water partition coefficient (Wildman–Crippen LogP) is 3.73. The summed E-state index contributed by atoms with van der Waals surface area (Å²) in [6.07, 6.45) is 1.15. The van der Waals surface area contributed by atoms with E-state index in [1.807, 2.05) is 0 Å². The maximum Gasteiger partial charge on any atom is 0.0310 e. The van der Waals surface area contributed by atoms with Crippen molar-refractivity contribution in [1.82, 2.24) is 5.32 Å². The molecule has 0 radical (unpaired) electrons. The number of rotatable bonds is 6. The molecule has 1 aromatic rings. The van der Waals surface area contributed by atoms with E-state index in [0.29, 0.717) is 17.5 Å². The van der Waals surface area contributed by atoms with Crippen LogP contribution in [0.25, 0.3) is 0 Å². The third-order valence-corrected chi connectivity index (χ3v) is 2.45. The lowest BCUT2D eigenvalue weighted by Crippen LogP contribution is -2.14. The van der Waals surface area contributed by atoms with Crippen LogP contribution in [0.1, 0.15) is 25.0 Å². The van der Waals surface area contributed by atoms with Crippen molar-refractivity contribution >= 4 is 11.6 Å². The van der Waals surface area contributed by atoms with Gasteiger partial charge in [0.25, 0.3) is 0 Å². The van der Waals surface area contributed by atoms with Crippen molar-refractivity contribution in [2.24, 2.45) is 5.92 Å². The van der Waals surface area contributed by atoms with E-state index in [2.05, 4.69) is 50.0 Å². The van der Waals surface area contributed by atoms with E-state index in [9.17, 15) is 0 Å². The highest BCUT2D eigenvalue weighted by Gasteiger charge is 1.98. The second-order valence-electron chi connectivity index (χ2n) is 4.54. The number of benzene rings is 1. The quantitative estimate of drug-likeness (QED) is 0.795. The highest BCUT2D eigenvalue weighted by atomic mass is 35.5. The second-order valence-corrected chi connectivity index (χ2v) is 5.07. The van der Waals surface area contributed by atoms with E-state index >= 15 is 0 Å². The third-order valence-electron chi connectivity index (χ3n) is 2.31. The molecule has 1 N–H and O–H groups in total. The van der Waals surface area contributed by atoms with Crippen molar-refractivity contribution in [2.45, 2.75) is 26.8 Å². The van der Waals surface area contributed by atoms with Gasteiger partial charge in [0.15, 0.2) is 0 Å². The van der Waals surface area contributed by atoms with Crippen LogP contribution in [-0.2, 0) is 13.0 Å². The van der Waals surface area contributed by atoms with E-state index in [1.54, 1.807) is 0 Å². The molecule has 0 aliphatic rings. The van der Waals surface area contributed by atoms with Crippen molar-refractivity contribution in [3.05, 3.63) is 47.0 Å². The monoisotopic (exact) mass is 237 g/mol. The first kappa shape index (κ1) is 13.3. The molecule has 1 aromatic carbocycles. The van der Waals surface area contributed by atoms with Crippen LogP contribution in [0.2, 0.25) is 0 Å². The highest BCUT2D eigenvalue weighted by Crippen LogP contribution is 2.09. The standard InChI is InChI=1S/C14H20ClN/c1-11(2)8-13-4-6-14(7-5-13)10-16-9-12(3)15/h4-7,11,16H,3,8-10H2,1-2H3. The Morgan fingerprint density at radius 3 is 2.31 bits per heavy atom. The van der Waals surface area contributed by atoms with Crippen LogP contribution in [0.15, 0.2) is 35.9 Å². The summed E-state index contributed by atoms with van der Waals surface area (Å²) >= 11 is 5.67. The zero-order valence-corrected chi connectivity index (χ0v) is 10.8. The highest BCUT2D eigenvalue weighted by molar-refractivity contribution is 6.29. The molecule has 0 aromatic heterocycles. The number of hydrogen-bond acceptors (Lipinski definition) is 1. The molecule has 0 saturated carbocycles. The smallest absolute Gasteiger partial charge is 0.0310 e. The molecule has 88 valence electrons. The number of nitrogens with one attached hydrogen (secondary N) is 1. The molecular formula is C14H20ClN. The molecule has 0 aliphatic carbocycles. The first-order chi connectivity index (χ1) is 7.58. The molecule has 0 heterocycles. The molecule has 0 aliphatic heterocycles. The zero-order valence-electron chi connectivity index (χ0n) is 10.1. The van der Waals surface area contributed by atoms with Gasteiger partial charge in [-0.1, -0.05) is 56.3 Å². The maximum absolute atomic E-state index is 5.67. The summed E-state index contributed by atoms with van der Waals surface area (Å²) in [4.78, 5) is 0. The minimum Gasteiger partial charge on any atom is -0.308 e. The summed E-state index contributed by atoms with van der Waals surface area (Å²) in [5, 5.41) is 3.88. The number of halogens is 1. The summed E-state index contributed by atoms with van der Waals surface area (Å²) in [7, 11) is 0. The second kappa shape index (κ2) is 6.72. The van der Waals surface area contributed by atoms with Gasteiger partial charge in [0, 0.05) is 18.1 Å². The summed E-state index contributed by atoms with van der Waals surface area (Å²) in [5.41, 5.74) is 2.69. The van der Waals surface area contributed by atoms with Gasteiger partial charge in [-0.05, 0) is 23.5 Å². The Balaban J connectivity index is 2.42. The van der Waals surface area contributed by atoms with Crippen LogP contribution >= 0.6 is 11.6 Å². The third kappa shape index (κ3) is 5.34. The fourth-order valence-electron chi connectivity index (χ4n) is 1.61. The Labute approximate surface area is 104 Å². The topological polar surface area (TPSA) is 12.0 Å². The first-order valence-electron chi connectivity index (χ1n) is 5.69. The van der Waals surface area contributed by atoms with E-state index in [0.717, 1.165) is 13.0 Å². The fraction of sp³-hybridized carbons (Fsp3) is 0.429. The van der Waals surface area contributed by atoms with Gasteiger partial charge in [-0.25, -0.2) is 0 Å². The zero-order chi connectivity index (χ0) is 12.0. The molecule has 0 bridgehead atoms. The lowest BCUT2D eigenvalue weighted by atomic mass is 10.0. The molecule has 0 saturated heterocycles. The Morgan fingerprint density at radius 1 is 1.25 bits per heavy atom. The summed E-state index contributed by atoms with van der Waals surface area (Å²) < 4.78 is 0. The van der Waals surface area contributed by atoms with Gasteiger partial charge in [0.1, 0.15) is 0 Å². The van der Waals surface area contributed by atoms with Crippen LogP contribution in [0, 0.1) is 5.92 Å². The summed E-state index contributed by atoms with van der Waals surface area (Å²) in [6.45, 7) is 9.61. The van der Waals surface area contributed by atoms with Gasteiger partial charge in [-0.15, -0.1) is 0 Å². The van der Waals surface area contributed by atoms with Crippen LogP contribution in [0.5, 0.6) is 0 Å². The maximum atomic E-state index is 5.67. The minimum absolute atomic E-state index is 0.649. The van der Waals surface area contributed by atoms with Crippen molar-refractivity contribution in [3.8, 4) is 0 Å². The molecule has 0 atom stereocenters. The Bertz CT molecular complexity index is 327. The van der Waals surface area contributed by atoms with Crippen LogP contribution < -0.4 is 5.32 Å². The lowest BCUT2D eigenvalue weighted by molar-refractivity contribution is 0.647. The normalized spacial score (nSPS) is 10.8. The Morgan fingerprint density at radius 2 is 1.81 bits per heavy atom. The van der Waals surface area contributed by atoms with E-state index < -0.39 is 0 Å². The van der Waals surface area contributed by atoms with Gasteiger partial charge in [0.2, 0.25) is 0 Å². The van der Waals surface area contributed by atoms with Gasteiger partial charge in [-0.2, -0.15) is 0 Å². The molecule has 0 fully saturated rings. The molecule has 0 unspecified atom stereocenters. The van der Waals surface area contributed by atoms with Gasteiger partial charge in [-0.3, -0.25) is 0 Å². The fourth-order valence-corrected chi connectivity index (χ4v) is 1.70. The molecule has 0 spiro atoms. The van der Waals surface area contributed by atoms with Crippen LogP contribution in [-0.4, -0.2) is 6.54 Å². The Hall–Kier alpha value is -0.790. The molecule has 2 heteroatoms. The van der Waals surface area contributed by atoms with Gasteiger partial charge >= 0.3 is 0 Å². The molecule has 1 rings (SSSR count). The average Bonchev–Trinajstić information content (AvgIpc) is 2.19. The Kier molecular flexibility index (Phi) is 5.58. The molecule has 16 heavy (non-hydrogen) atoms. The first-order valence-corrected chi connectivity index (χ1v) is 6.07.